The summed E-state index contributed by atoms with van der Waals surface area (Å²) < 4.78 is 2.13. The highest BCUT2D eigenvalue weighted by molar-refractivity contribution is 5.34. The molecule has 0 saturated carbocycles. The smallest absolute Gasteiger partial charge is 0.0493 e. The maximum Gasteiger partial charge on any atom is 0.0493 e. The fraction of sp³-hybridized carbons (Fsp3) is 0.500. The Balaban J connectivity index is 2.74. The van der Waals surface area contributed by atoms with Crippen LogP contribution in [0.2, 0.25) is 0 Å². The summed E-state index contributed by atoms with van der Waals surface area (Å²) in [5, 5.41) is 0. The molecule has 0 aliphatic heterocycles. The van der Waals surface area contributed by atoms with Crippen LogP contribution >= 0.6 is 0 Å². The minimum Gasteiger partial charge on any atom is -0.398 e. The second-order valence-corrected chi connectivity index (χ2v) is 2.65. The van der Waals surface area contributed by atoms with Gasteiger partial charge in [0, 0.05) is 24.1 Å². The normalized spacial score (nSPS) is 13.4. The van der Waals surface area contributed by atoms with Gasteiger partial charge in [0.2, 0.25) is 0 Å². The zero-order valence-corrected chi connectivity index (χ0v) is 6.54. The lowest BCUT2D eigenvalue weighted by molar-refractivity contribution is 0.533. The summed E-state index contributed by atoms with van der Waals surface area (Å²) in [6, 6.07) is 2.49. The van der Waals surface area contributed by atoms with E-state index in [1.807, 2.05) is 18.5 Å². The molecule has 0 bridgehead atoms. The molecule has 1 atom stereocenters. The van der Waals surface area contributed by atoms with Crippen LogP contribution in [0.5, 0.6) is 0 Å². The molecule has 0 saturated heterocycles. The summed E-state index contributed by atoms with van der Waals surface area (Å²) in [5.41, 5.74) is 6.40. The van der Waals surface area contributed by atoms with Crippen molar-refractivity contribution in [2.75, 3.05) is 5.73 Å². The van der Waals surface area contributed by atoms with Crippen LogP contribution in [0, 0.1) is 0 Å². The summed E-state index contributed by atoms with van der Waals surface area (Å²) in [6.45, 7) is 4.35. The Morgan fingerprint density at radius 3 is 2.80 bits per heavy atom. The van der Waals surface area contributed by atoms with E-state index in [2.05, 4.69) is 18.4 Å². The molecular weight excluding hydrogens is 124 g/mol. The Kier molecular flexibility index (Phi) is 2.00. The van der Waals surface area contributed by atoms with E-state index in [-0.39, 0.29) is 0 Å². The van der Waals surface area contributed by atoms with Crippen LogP contribution in [0.1, 0.15) is 26.3 Å². The second kappa shape index (κ2) is 2.78. The van der Waals surface area contributed by atoms with Crippen molar-refractivity contribution in [1.29, 1.82) is 0 Å². The molecule has 2 heteroatoms. The van der Waals surface area contributed by atoms with Crippen LogP contribution in [0.4, 0.5) is 5.69 Å². The highest BCUT2D eigenvalue weighted by Crippen LogP contribution is 2.12. The van der Waals surface area contributed by atoms with Gasteiger partial charge in [0.15, 0.2) is 0 Å². The molecule has 0 aliphatic rings. The predicted molar refractivity (Wildman–Crippen MR) is 43.8 cm³/mol. The van der Waals surface area contributed by atoms with Crippen molar-refractivity contribution in [1.82, 2.24) is 4.57 Å². The first kappa shape index (κ1) is 7.19. The fourth-order valence-electron chi connectivity index (χ4n) is 0.915. The molecule has 56 valence electrons. The molecule has 1 aromatic rings. The first-order valence-electron chi connectivity index (χ1n) is 3.67. The average molecular weight is 138 g/mol. The van der Waals surface area contributed by atoms with Crippen LogP contribution < -0.4 is 5.73 Å². The fourth-order valence-corrected chi connectivity index (χ4v) is 0.915. The first-order chi connectivity index (χ1) is 4.74. The zero-order valence-electron chi connectivity index (χ0n) is 6.54. The molecule has 0 aliphatic carbocycles. The number of anilines is 1. The third kappa shape index (κ3) is 1.32. The SMILES string of the molecule is CCC(C)n1ccc(N)c1. The lowest BCUT2D eigenvalue weighted by Gasteiger charge is -2.09. The monoisotopic (exact) mass is 138 g/mol. The Labute approximate surface area is 61.7 Å². The largest absolute Gasteiger partial charge is 0.398 e. The van der Waals surface area contributed by atoms with Crippen molar-refractivity contribution in [2.24, 2.45) is 0 Å². The van der Waals surface area contributed by atoms with Gasteiger partial charge in [-0.3, -0.25) is 0 Å². The van der Waals surface area contributed by atoms with Crippen molar-refractivity contribution in [3.63, 3.8) is 0 Å². The number of nitrogen functional groups attached to an aromatic ring is 1. The Morgan fingerprint density at radius 2 is 2.40 bits per heavy atom. The van der Waals surface area contributed by atoms with E-state index in [1.54, 1.807) is 0 Å². The number of rotatable bonds is 2. The first-order valence-corrected chi connectivity index (χ1v) is 3.67. The van der Waals surface area contributed by atoms with E-state index in [0.29, 0.717) is 6.04 Å². The summed E-state index contributed by atoms with van der Waals surface area (Å²) in [5.74, 6) is 0. The number of nitrogens with zero attached hydrogens (tertiary/aromatic N) is 1. The Hall–Kier alpha value is -0.920. The van der Waals surface area contributed by atoms with E-state index >= 15 is 0 Å². The molecule has 0 spiro atoms. The van der Waals surface area contributed by atoms with Crippen molar-refractivity contribution in [3.8, 4) is 0 Å². The quantitative estimate of drug-likeness (QED) is 0.666. The second-order valence-electron chi connectivity index (χ2n) is 2.65. The van der Waals surface area contributed by atoms with Crippen molar-refractivity contribution < 1.29 is 0 Å². The van der Waals surface area contributed by atoms with E-state index < -0.39 is 0 Å². The number of hydrogen-bond acceptors (Lipinski definition) is 1. The van der Waals surface area contributed by atoms with Crippen molar-refractivity contribution in [2.45, 2.75) is 26.3 Å². The summed E-state index contributed by atoms with van der Waals surface area (Å²) in [6.07, 6.45) is 5.13. The van der Waals surface area contributed by atoms with Gasteiger partial charge in [0.05, 0.1) is 0 Å². The van der Waals surface area contributed by atoms with Gasteiger partial charge in [-0.05, 0) is 19.4 Å². The van der Waals surface area contributed by atoms with Gasteiger partial charge in [-0.1, -0.05) is 6.92 Å². The van der Waals surface area contributed by atoms with Gasteiger partial charge < -0.3 is 10.3 Å². The van der Waals surface area contributed by atoms with E-state index in [9.17, 15) is 0 Å². The highest BCUT2D eigenvalue weighted by Gasteiger charge is 1.99. The summed E-state index contributed by atoms with van der Waals surface area (Å²) >= 11 is 0. The lowest BCUT2D eigenvalue weighted by Crippen LogP contribution is -1.99. The molecule has 1 aromatic heterocycles. The standard InChI is InChI=1S/C8H14N2/c1-3-7(2)10-5-4-8(9)6-10/h4-7H,3,9H2,1-2H3. The number of aromatic nitrogens is 1. The summed E-state index contributed by atoms with van der Waals surface area (Å²) in [7, 11) is 0. The van der Waals surface area contributed by atoms with E-state index in [0.717, 1.165) is 12.1 Å². The van der Waals surface area contributed by atoms with Crippen LogP contribution in [-0.2, 0) is 0 Å². The average Bonchev–Trinajstić information content (AvgIpc) is 2.34. The van der Waals surface area contributed by atoms with Crippen LogP contribution in [0.3, 0.4) is 0 Å². The predicted octanol–water partition coefficient (Wildman–Crippen LogP) is 2.04. The van der Waals surface area contributed by atoms with Crippen LogP contribution in [0.25, 0.3) is 0 Å². The molecule has 1 unspecified atom stereocenters. The van der Waals surface area contributed by atoms with Gasteiger partial charge >= 0.3 is 0 Å². The molecular formula is C8H14N2. The van der Waals surface area contributed by atoms with Gasteiger partial charge in [0.25, 0.3) is 0 Å². The molecule has 2 nitrogen and oxygen atoms in total. The van der Waals surface area contributed by atoms with E-state index in [1.165, 1.54) is 0 Å². The molecule has 0 fully saturated rings. The molecule has 0 aromatic carbocycles. The molecule has 10 heavy (non-hydrogen) atoms. The van der Waals surface area contributed by atoms with Gasteiger partial charge in [-0.15, -0.1) is 0 Å². The maximum absolute atomic E-state index is 5.55. The lowest BCUT2D eigenvalue weighted by atomic mass is 10.3. The molecule has 1 heterocycles. The minimum atomic E-state index is 0.567. The van der Waals surface area contributed by atoms with Crippen molar-refractivity contribution in [3.05, 3.63) is 18.5 Å². The van der Waals surface area contributed by atoms with Crippen LogP contribution in [-0.4, -0.2) is 4.57 Å². The Morgan fingerprint density at radius 1 is 1.70 bits per heavy atom. The molecule has 1 rings (SSSR count). The molecule has 0 radical (unpaired) electrons. The molecule has 0 amide bonds. The van der Waals surface area contributed by atoms with Crippen LogP contribution in [0.15, 0.2) is 18.5 Å². The van der Waals surface area contributed by atoms with Gasteiger partial charge in [0.1, 0.15) is 0 Å². The third-order valence-corrected chi connectivity index (χ3v) is 1.84. The Bertz CT molecular complexity index is 203. The zero-order chi connectivity index (χ0) is 7.56. The third-order valence-electron chi connectivity index (χ3n) is 1.84. The maximum atomic E-state index is 5.55. The van der Waals surface area contributed by atoms with Gasteiger partial charge in [-0.25, -0.2) is 0 Å². The topological polar surface area (TPSA) is 30.9 Å². The van der Waals surface area contributed by atoms with Gasteiger partial charge in [-0.2, -0.15) is 0 Å². The number of hydrogen-bond donors (Lipinski definition) is 1. The molecule has 2 N–H and O–H groups in total. The highest BCUT2D eigenvalue weighted by atomic mass is 15.0. The minimum absolute atomic E-state index is 0.567. The number of nitrogens with two attached hydrogens (primary N) is 1. The van der Waals surface area contributed by atoms with Crippen molar-refractivity contribution >= 4 is 5.69 Å². The summed E-state index contributed by atoms with van der Waals surface area (Å²) in [4.78, 5) is 0. The van der Waals surface area contributed by atoms with E-state index in [4.69, 9.17) is 5.73 Å².